The van der Waals surface area contributed by atoms with Gasteiger partial charge in [0.15, 0.2) is 0 Å². The van der Waals surface area contributed by atoms with Gasteiger partial charge in [0, 0.05) is 18.8 Å². The quantitative estimate of drug-likeness (QED) is 0.735. The van der Waals surface area contributed by atoms with Gasteiger partial charge < -0.3 is 14.7 Å². The summed E-state index contributed by atoms with van der Waals surface area (Å²) in [5, 5.41) is 36.2. The lowest BCUT2D eigenvalue weighted by molar-refractivity contribution is 0.0836. The Hall–Kier alpha value is -2.85. The van der Waals surface area contributed by atoms with E-state index >= 15 is 0 Å². The molecule has 0 spiro atoms. The van der Waals surface area contributed by atoms with Crippen molar-refractivity contribution in [1.29, 1.82) is 15.8 Å². The van der Waals surface area contributed by atoms with Crippen LogP contribution in [0, 0.1) is 34.0 Å². The Balaban J connectivity index is 2.99. The number of aliphatic hydroxyl groups is 1. The molecule has 0 heterocycles. The van der Waals surface area contributed by atoms with Gasteiger partial charge in [0.1, 0.15) is 23.8 Å². The summed E-state index contributed by atoms with van der Waals surface area (Å²) in [6.45, 7) is 5.56. The van der Waals surface area contributed by atoms with E-state index in [9.17, 15) is 10.4 Å². The van der Waals surface area contributed by atoms with Crippen LogP contribution in [0.4, 0.5) is 5.69 Å². The Bertz CT molecular complexity index is 672. The number of anilines is 1. The maximum atomic E-state index is 9.22. The van der Waals surface area contributed by atoms with Crippen molar-refractivity contribution < 1.29 is 9.84 Å². The standard InChI is InChI=1S/C18H20N4O2/c1-14(2)24-10-8-22(7-9-23)17-5-3-15(4-6-17)18(13-21)16(11-19)12-20/h3-6,14,23H,7-10H2,1-2H3. The normalized spacial score (nSPS) is 9.71. The molecule has 0 saturated heterocycles. The van der Waals surface area contributed by atoms with Gasteiger partial charge in [0.25, 0.3) is 0 Å². The third-order valence-corrected chi connectivity index (χ3v) is 3.29. The van der Waals surface area contributed by atoms with Crippen LogP contribution in [-0.4, -0.2) is 37.5 Å². The van der Waals surface area contributed by atoms with E-state index in [4.69, 9.17) is 15.3 Å². The molecule has 0 aliphatic heterocycles. The lowest BCUT2D eigenvalue weighted by Crippen LogP contribution is -2.31. The van der Waals surface area contributed by atoms with Crippen molar-refractivity contribution in [2.45, 2.75) is 20.0 Å². The molecule has 0 aliphatic carbocycles. The molecule has 0 fully saturated rings. The van der Waals surface area contributed by atoms with Gasteiger partial charge in [-0.2, -0.15) is 15.8 Å². The second-order valence-electron chi connectivity index (χ2n) is 5.26. The third-order valence-electron chi connectivity index (χ3n) is 3.29. The minimum atomic E-state index is -0.206. The first-order valence-electron chi connectivity index (χ1n) is 7.59. The summed E-state index contributed by atoms with van der Waals surface area (Å²) in [5.74, 6) is 0. The zero-order valence-electron chi connectivity index (χ0n) is 13.9. The van der Waals surface area contributed by atoms with Crippen LogP contribution in [0.5, 0.6) is 0 Å². The molecule has 1 aromatic carbocycles. The number of nitrogens with zero attached hydrogens (tertiary/aromatic N) is 4. The Kier molecular flexibility index (Phi) is 8.02. The average Bonchev–Trinajstić information content (AvgIpc) is 2.59. The van der Waals surface area contributed by atoms with E-state index < -0.39 is 0 Å². The van der Waals surface area contributed by atoms with Crippen molar-refractivity contribution in [3.63, 3.8) is 0 Å². The van der Waals surface area contributed by atoms with Gasteiger partial charge in [-0.3, -0.25) is 0 Å². The van der Waals surface area contributed by atoms with E-state index in [-0.39, 0.29) is 23.9 Å². The third kappa shape index (κ3) is 5.41. The molecule has 0 saturated carbocycles. The number of aliphatic hydroxyl groups excluding tert-OH is 1. The zero-order valence-corrected chi connectivity index (χ0v) is 13.9. The van der Waals surface area contributed by atoms with Gasteiger partial charge >= 0.3 is 0 Å². The highest BCUT2D eigenvalue weighted by atomic mass is 16.5. The van der Waals surface area contributed by atoms with Gasteiger partial charge in [-0.1, -0.05) is 12.1 Å². The lowest BCUT2D eigenvalue weighted by Gasteiger charge is -2.24. The molecular weight excluding hydrogens is 304 g/mol. The van der Waals surface area contributed by atoms with Crippen LogP contribution >= 0.6 is 0 Å². The number of benzene rings is 1. The summed E-state index contributed by atoms with van der Waals surface area (Å²) in [7, 11) is 0. The first kappa shape index (κ1) is 19.2. The summed E-state index contributed by atoms with van der Waals surface area (Å²) in [5.41, 5.74) is 1.24. The van der Waals surface area contributed by atoms with Crippen LogP contribution in [0.2, 0.25) is 0 Å². The van der Waals surface area contributed by atoms with E-state index in [1.165, 1.54) is 0 Å². The van der Waals surface area contributed by atoms with Crippen molar-refractivity contribution >= 4 is 11.3 Å². The van der Waals surface area contributed by atoms with E-state index in [2.05, 4.69) is 0 Å². The Labute approximate surface area is 142 Å². The van der Waals surface area contributed by atoms with Crippen molar-refractivity contribution in [3.8, 4) is 18.2 Å². The minimum Gasteiger partial charge on any atom is -0.395 e. The smallest absolute Gasteiger partial charge is 0.148 e. The zero-order chi connectivity index (χ0) is 17.9. The molecule has 6 nitrogen and oxygen atoms in total. The average molecular weight is 324 g/mol. The minimum absolute atomic E-state index is 0.0137. The van der Waals surface area contributed by atoms with Crippen LogP contribution in [0.25, 0.3) is 5.57 Å². The van der Waals surface area contributed by atoms with Gasteiger partial charge in [-0.25, -0.2) is 0 Å². The molecule has 0 amide bonds. The fourth-order valence-corrected chi connectivity index (χ4v) is 2.13. The summed E-state index contributed by atoms with van der Waals surface area (Å²) in [4.78, 5) is 1.97. The molecule has 1 N–H and O–H groups in total. The van der Waals surface area contributed by atoms with Gasteiger partial charge in [-0.15, -0.1) is 0 Å². The van der Waals surface area contributed by atoms with Gasteiger partial charge in [0.05, 0.1) is 24.9 Å². The summed E-state index contributed by atoms with van der Waals surface area (Å²) in [6, 6.07) is 12.3. The largest absolute Gasteiger partial charge is 0.395 e. The van der Waals surface area contributed by atoms with Gasteiger partial charge in [-0.05, 0) is 31.5 Å². The first-order valence-corrected chi connectivity index (χ1v) is 7.59. The van der Waals surface area contributed by atoms with E-state index in [1.54, 1.807) is 36.4 Å². The Morgan fingerprint density at radius 3 is 2.17 bits per heavy atom. The fourth-order valence-electron chi connectivity index (χ4n) is 2.13. The molecule has 0 radical (unpaired) electrons. The highest BCUT2D eigenvalue weighted by molar-refractivity contribution is 5.84. The topological polar surface area (TPSA) is 104 Å². The second-order valence-corrected chi connectivity index (χ2v) is 5.26. The summed E-state index contributed by atoms with van der Waals surface area (Å²) >= 11 is 0. The number of nitriles is 3. The molecule has 6 heteroatoms. The van der Waals surface area contributed by atoms with Gasteiger partial charge in [0.2, 0.25) is 0 Å². The van der Waals surface area contributed by atoms with Crippen molar-refractivity contribution in [2.75, 3.05) is 31.2 Å². The number of ether oxygens (including phenoxy) is 1. The van der Waals surface area contributed by atoms with Crippen molar-refractivity contribution in [3.05, 3.63) is 35.4 Å². The van der Waals surface area contributed by atoms with Crippen molar-refractivity contribution in [2.24, 2.45) is 0 Å². The molecule has 1 rings (SSSR count). The maximum absolute atomic E-state index is 9.22. The molecule has 0 unspecified atom stereocenters. The van der Waals surface area contributed by atoms with E-state index in [0.29, 0.717) is 25.3 Å². The molecule has 0 atom stereocenters. The van der Waals surface area contributed by atoms with Crippen LogP contribution in [0.3, 0.4) is 0 Å². The Morgan fingerprint density at radius 2 is 1.71 bits per heavy atom. The summed E-state index contributed by atoms with van der Waals surface area (Å²) in [6.07, 6.45) is 0.141. The van der Waals surface area contributed by atoms with Crippen LogP contribution in [0.1, 0.15) is 19.4 Å². The fraction of sp³-hybridized carbons (Fsp3) is 0.389. The SMILES string of the molecule is CC(C)OCCN(CCO)c1ccc(C(C#N)=C(C#N)C#N)cc1. The maximum Gasteiger partial charge on any atom is 0.148 e. The second kappa shape index (κ2) is 10.0. The predicted octanol–water partition coefficient (Wildman–Crippen LogP) is 2.23. The van der Waals surface area contributed by atoms with E-state index in [1.807, 2.05) is 24.8 Å². The molecule has 24 heavy (non-hydrogen) atoms. The highest BCUT2D eigenvalue weighted by Crippen LogP contribution is 2.22. The summed E-state index contributed by atoms with van der Waals surface area (Å²) < 4.78 is 5.53. The molecule has 0 aromatic heterocycles. The lowest BCUT2D eigenvalue weighted by atomic mass is 10.0. The van der Waals surface area contributed by atoms with Crippen LogP contribution in [0.15, 0.2) is 29.8 Å². The molecule has 1 aromatic rings. The Morgan fingerprint density at radius 1 is 1.08 bits per heavy atom. The van der Waals surface area contributed by atoms with E-state index in [0.717, 1.165) is 5.69 Å². The number of hydrogen-bond acceptors (Lipinski definition) is 6. The van der Waals surface area contributed by atoms with Crippen molar-refractivity contribution in [1.82, 2.24) is 0 Å². The van der Waals surface area contributed by atoms with Crippen LogP contribution in [-0.2, 0) is 4.74 Å². The molecular formula is C18H20N4O2. The number of allylic oxidation sites excluding steroid dienone is 2. The number of hydrogen-bond donors (Lipinski definition) is 1. The first-order chi connectivity index (χ1) is 11.6. The predicted molar refractivity (Wildman–Crippen MR) is 90.6 cm³/mol. The molecule has 0 aliphatic rings. The highest BCUT2D eigenvalue weighted by Gasteiger charge is 2.11. The van der Waals surface area contributed by atoms with Crippen LogP contribution < -0.4 is 4.90 Å². The number of rotatable bonds is 8. The molecule has 0 bridgehead atoms. The molecule has 124 valence electrons. The monoisotopic (exact) mass is 324 g/mol.